The monoisotopic (exact) mass is 576 g/mol. The van der Waals surface area contributed by atoms with Crippen molar-refractivity contribution in [2.24, 2.45) is 4.99 Å². The zero-order chi connectivity index (χ0) is 30.0. The fourth-order valence-electron chi connectivity index (χ4n) is 6.47. The summed E-state index contributed by atoms with van der Waals surface area (Å²) in [5, 5.41) is 2.56. The standard InChI is InChI=1S/C43H32N2/c1-3-12-34(13-4-1)40-19-11-16-36(30-41(44-40)35-14-5-2-6-15-35)33-24-22-31(23-25-33)32-26-28-37(29-27-32)45-42-20-9-7-17-38(42)39-18-8-10-21-43(39)45/h1-10,12-15,17-30H,11,16H2/b36-30+,40-19?,44-41?. The predicted octanol–water partition coefficient (Wildman–Crippen LogP) is 11.2. The van der Waals surface area contributed by atoms with Crippen LogP contribution in [0.15, 0.2) is 175 Å². The number of rotatable bonds is 5. The molecule has 0 N–H and O–H groups in total. The predicted molar refractivity (Wildman–Crippen MR) is 191 cm³/mol. The molecule has 0 bridgehead atoms. The van der Waals surface area contributed by atoms with Crippen LogP contribution in [0.4, 0.5) is 0 Å². The van der Waals surface area contributed by atoms with Crippen LogP contribution in [0.1, 0.15) is 29.5 Å². The van der Waals surface area contributed by atoms with Gasteiger partial charge in [-0.1, -0.05) is 140 Å². The van der Waals surface area contributed by atoms with E-state index in [2.05, 4.69) is 174 Å². The van der Waals surface area contributed by atoms with Crippen molar-refractivity contribution in [3.05, 3.63) is 187 Å². The van der Waals surface area contributed by atoms with Gasteiger partial charge in [-0.3, -0.25) is 0 Å². The highest BCUT2D eigenvalue weighted by Gasteiger charge is 2.13. The number of nitrogens with zero attached hydrogens (tertiary/aromatic N) is 2. The number of hydrogen-bond donors (Lipinski definition) is 0. The van der Waals surface area contributed by atoms with Gasteiger partial charge in [-0.25, -0.2) is 4.99 Å². The Labute approximate surface area is 264 Å². The third kappa shape index (κ3) is 5.21. The molecule has 2 nitrogen and oxygen atoms in total. The minimum Gasteiger partial charge on any atom is -0.309 e. The van der Waals surface area contributed by atoms with Gasteiger partial charge in [0.25, 0.3) is 0 Å². The first-order valence-electron chi connectivity index (χ1n) is 15.6. The first kappa shape index (κ1) is 26.9. The fraction of sp³-hybridized carbons (Fsp3) is 0.0465. The molecule has 1 aliphatic rings. The molecule has 0 saturated carbocycles. The Bertz CT molecular complexity index is 2160. The van der Waals surface area contributed by atoms with E-state index in [0.717, 1.165) is 35.4 Å². The van der Waals surface area contributed by atoms with E-state index in [9.17, 15) is 0 Å². The summed E-state index contributed by atoms with van der Waals surface area (Å²) in [6.07, 6.45) is 6.45. The van der Waals surface area contributed by atoms with Gasteiger partial charge in [-0.05, 0) is 71.0 Å². The van der Waals surface area contributed by atoms with Crippen molar-refractivity contribution < 1.29 is 0 Å². The van der Waals surface area contributed by atoms with Gasteiger partial charge in [-0.2, -0.15) is 0 Å². The highest BCUT2D eigenvalue weighted by Crippen LogP contribution is 2.33. The maximum absolute atomic E-state index is 5.18. The number of allylic oxidation sites excluding steroid dienone is 3. The van der Waals surface area contributed by atoms with Gasteiger partial charge in [0.2, 0.25) is 0 Å². The van der Waals surface area contributed by atoms with E-state index in [-0.39, 0.29) is 0 Å². The molecule has 1 aromatic heterocycles. The summed E-state index contributed by atoms with van der Waals surface area (Å²) in [6.45, 7) is 0. The van der Waals surface area contributed by atoms with Gasteiger partial charge < -0.3 is 4.57 Å². The quantitative estimate of drug-likeness (QED) is 0.194. The molecule has 45 heavy (non-hydrogen) atoms. The maximum atomic E-state index is 5.18. The SMILES string of the molecule is C1=C(c2ccccc2)N=C(c2ccccc2)/C=C(/c2ccc(-c3ccc(-n4c5ccccc5c5ccccc54)cc3)cc2)CC1. The van der Waals surface area contributed by atoms with Crippen LogP contribution in [0.5, 0.6) is 0 Å². The van der Waals surface area contributed by atoms with E-state index in [1.54, 1.807) is 0 Å². The van der Waals surface area contributed by atoms with Gasteiger partial charge in [0.15, 0.2) is 0 Å². The molecule has 214 valence electrons. The molecule has 0 saturated heterocycles. The lowest BCUT2D eigenvalue weighted by molar-refractivity contribution is 1.06. The van der Waals surface area contributed by atoms with Crippen molar-refractivity contribution in [3.63, 3.8) is 0 Å². The van der Waals surface area contributed by atoms with Gasteiger partial charge in [-0.15, -0.1) is 0 Å². The molecule has 6 aromatic carbocycles. The second-order valence-electron chi connectivity index (χ2n) is 11.5. The largest absolute Gasteiger partial charge is 0.309 e. The normalized spacial score (nSPS) is 14.7. The second-order valence-corrected chi connectivity index (χ2v) is 11.5. The first-order chi connectivity index (χ1) is 22.3. The number of aliphatic imine (C=N–C) groups is 1. The van der Waals surface area contributed by atoms with Crippen LogP contribution in [0.25, 0.3) is 49.9 Å². The number of hydrogen-bond acceptors (Lipinski definition) is 1. The Balaban J connectivity index is 1.11. The molecule has 8 rings (SSSR count). The van der Waals surface area contributed by atoms with Crippen LogP contribution in [0.2, 0.25) is 0 Å². The van der Waals surface area contributed by atoms with E-state index in [0.29, 0.717) is 0 Å². The lowest BCUT2D eigenvalue weighted by Crippen LogP contribution is -2.02. The van der Waals surface area contributed by atoms with E-state index < -0.39 is 0 Å². The van der Waals surface area contributed by atoms with Crippen LogP contribution in [-0.2, 0) is 0 Å². The summed E-state index contributed by atoms with van der Waals surface area (Å²) in [4.78, 5) is 5.18. The molecule has 2 heterocycles. The van der Waals surface area contributed by atoms with Gasteiger partial charge in [0.05, 0.1) is 22.4 Å². The van der Waals surface area contributed by atoms with Gasteiger partial charge in [0.1, 0.15) is 0 Å². The molecule has 0 fully saturated rings. The summed E-state index contributed by atoms with van der Waals surface area (Å²) < 4.78 is 2.36. The van der Waals surface area contributed by atoms with Crippen molar-refractivity contribution in [3.8, 4) is 16.8 Å². The highest BCUT2D eigenvalue weighted by molar-refractivity contribution is 6.14. The van der Waals surface area contributed by atoms with Crippen molar-refractivity contribution in [2.45, 2.75) is 12.8 Å². The molecule has 7 aromatic rings. The van der Waals surface area contributed by atoms with Gasteiger partial charge in [0, 0.05) is 22.0 Å². The van der Waals surface area contributed by atoms with Crippen LogP contribution < -0.4 is 0 Å². The number of para-hydroxylation sites is 2. The third-order valence-electron chi connectivity index (χ3n) is 8.74. The molecule has 2 heteroatoms. The Morgan fingerprint density at radius 3 is 1.58 bits per heavy atom. The average molecular weight is 577 g/mol. The number of aromatic nitrogens is 1. The van der Waals surface area contributed by atoms with E-state index >= 15 is 0 Å². The van der Waals surface area contributed by atoms with E-state index in [4.69, 9.17) is 4.99 Å². The second kappa shape index (κ2) is 11.7. The fourth-order valence-corrected chi connectivity index (χ4v) is 6.47. The Morgan fingerprint density at radius 2 is 0.956 bits per heavy atom. The topological polar surface area (TPSA) is 17.3 Å². The van der Waals surface area contributed by atoms with Crippen molar-refractivity contribution in [1.82, 2.24) is 4.57 Å². The van der Waals surface area contributed by atoms with Crippen molar-refractivity contribution in [1.29, 1.82) is 0 Å². The summed E-state index contributed by atoms with van der Waals surface area (Å²) in [7, 11) is 0. The molecule has 0 aliphatic carbocycles. The molecule has 0 unspecified atom stereocenters. The minimum atomic E-state index is 0.938. The third-order valence-corrected chi connectivity index (χ3v) is 8.74. The molecule has 1 aliphatic heterocycles. The van der Waals surface area contributed by atoms with Crippen molar-refractivity contribution >= 4 is 38.8 Å². The average Bonchev–Trinajstić information content (AvgIpc) is 3.44. The smallest absolute Gasteiger partial charge is 0.0712 e. The molecule has 0 amide bonds. The Kier molecular flexibility index (Phi) is 7.01. The van der Waals surface area contributed by atoms with Gasteiger partial charge >= 0.3 is 0 Å². The zero-order valence-electron chi connectivity index (χ0n) is 25.0. The first-order valence-corrected chi connectivity index (χ1v) is 15.6. The lowest BCUT2D eigenvalue weighted by Gasteiger charge is -2.15. The zero-order valence-corrected chi connectivity index (χ0v) is 25.0. The Hall–Kier alpha value is -5.73. The Morgan fingerprint density at radius 1 is 0.444 bits per heavy atom. The number of benzene rings is 6. The number of fused-ring (bicyclic) bond motifs is 3. The van der Waals surface area contributed by atoms with Crippen LogP contribution >= 0.6 is 0 Å². The molecular weight excluding hydrogens is 544 g/mol. The maximum Gasteiger partial charge on any atom is 0.0712 e. The van der Waals surface area contributed by atoms with E-state index in [1.165, 1.54) is 49.8 Å². The molecular formula is C43H32N2. The van der Waals surface area contributed by atoms with Crippen LogP contribution in [0.3, 0.4) is 0 Å². The summed E-state index contributed by atoms with van der Waals surface area (Å²) in [5.74, 6) is 0. The summed E-state index contributed by atoms with van der Waals surface area (Å²) in [6, 6.07) is 56.2. The van der Waals surface area contributed by atoms with Crippen molar-refractivity contribution in [2.75, 3.05) is 0 Å². The molecule has 0 radical (unpaired) electrons. The van der Waals surface area contributed by atoms with Crippen LogP contribution in [0, 0.1) is 0 Å². The van der Waals surface area contributed by atoms with E-state index in [1.807, 2.05) is 0 Å². The lowest BCUT2D eigenvalue weighted by atomic mass is 9.94. The van der Waals surface area contributed by atoms with Crippen LogP contribution in [-0.4, -0.2) is 10.3 Å². The molecule has 0 atom stereocenters. The summed E-state index contributed by atoms with van der Waals surface area (Å²) >= 11 is 0. The highest BCUT2D eigenvalue weighted by atomic mass is 15.0. The summed E-state index contributed by atoms with van der Waals surface area (Å²) in [5.41, 5.74) is 12.9. The molecule has 0 spiro atoms. The minimum absolute atomic E-state index is 0.938.